The van der Waals surface area contributed by atoms with Gasteiger partial charge in [0.1, 0.15) is 11.6 Å². The fourth-order valence-electron chi connectivity index (χ4n) is 2.31. The lowest BCUT2D eigenvalue weighted by molar-refractivity contribution is -0.145. The fraction of sp³-hybridized carbons (Fsp3) is 0.692. The molecule has 1 aliphatic rings. The zero-order valence-electron chi connectivity index (χ0n) is 11.5. The quantitative estimate of drug-likeness (QED) is 0.617. The largest absolute Gasteiger partial charge is 0.462 e. The summed E-state index contributed by atoms with van der Waals surface area (Å²) >= 11 is 1.25. The van der Waals surface area contributed by atoms with E-state index in [1.165, 1.54) is 11.3 Å². The van der Waals surface area contributed by atoms with Crippen LogP contribution in [0.1, 0.15) is 45.4 Å². The molecule has 0 spiro atoms. The summed E-state index contributed by atoms with van der Waals surface area (Å²) in [4.78, 5) is 23.5. The van der Waals surface area contributed by atoms with Crippen molar-refractivity contribution in [3.05, 3.63) is 5.51 Å². The van der Waals surface area contributed by atoms with Crippen LogP contribution in [0, 0.1) is 5.92 Å². The zero-order chi connectivity index (χ0) is 14.4. The highest BCUT2D eigenvalue weighted by Gasteiger charge is 2.35. The summed E-state index contributed by atoms with van der Waals surface area (Å²) in [6.07, 6.45) is 5.04. The van der Waals surface area contributed by atoms with Gasteiger partial charge in [-0.25, -0.2) is 0 Å². The summed E-state index contributed by atoms with van der Waals surface area (Å²) in [7, 11) is 0. The lowest BCUT2D eigenvalue weighted by Gasteiger charge is -2.07. The maximum absolute atomic E-state index is 11.8. The highest BCUT2D eigenvalue weighted by molar-refractivity contribution is 7.13. The molecule has 1 aliphatic heterocycles. The van der Waals surface area contributed by atoms with Crippen molar-refractivity contribution in [2.75, 3.05) is 5.32 Å². The molecule has 1 fully saturated rings. The number of esters is 1. The van der Waals surface area contributed by atoms with Crippen LogP contribution in [0.15, 0.2) is 5.51 Å². The van der Waals surface area contributed by atoms with Gasteiger partial charge in [0.05, 0.1) is 5.92 Å². The Labute approximate surface area is 121 Å². The highest BCUT2D eigenvalue weighted by Crippen LogP contribution is 2.27. The molecule has 2 rings (SSSR count). The van der Waals surface area contributed by atoms with Crippen molar-refractivity contribution in [2.45, 2.75) is 51.6 Å². The average molecular weight is 297 g/mol. The Bertz CT molecular complexity index is 450. The third-order valence-corrected chi connectivity index (χ3v) is 3.94. The molecule has 0 radical (unpaired) electrons. The van der Waals surface area contributed by atoms with Gasteiger partial charge in [0.15, 0.2) is 0 Å². The summed E-state index contributed by atoms with van der Waals surface area (Å²) in [5.74, 6) is -0.786. The molecule has 1 amide bonds. The van der Waals surface area contributed by atoms with E-state index in [1.54, 1.807) is 5.51 Å². The Morgan fingerprint density at radius 1 is 1.55 bits per heavy atom. The number of carbonyl (C=O) groups excluding carboxylic acids is 2. The first-order valence-corrected chi connectivity index (χ1v) is 7.83. The van der Waals surface area contributed by atoms with Gasteiger partial charge < -0.3 is 10.1 Å². The molecule has 6 nitrogen and oxygen atoms in total. The number of unbranched alkanes of at least 4 members (excludes halogenated alkanes) is 2. The first-order valence-electron chi connectivity index (χ1n) is 6.95. The van der Waals surface area contributed by atoms with E-state index in [0.717, 1.165) is 25.7 Å². The minimum atomic E-state index is -0.324. The predicted molar refractivity (Wildman–Crippen MR) is 75.3 cm³/mol. The summed E-state index contributed by atoms with van der Waals surface area (Å²) in [5, 5.41) is 10.5. The van der Waals surface area contributed by atoms with Crippen molar-refractivity contribution in [2.24, 2.45) is 5.92 Å². The van der Waals surface area contributed by atoms with Gasteiger partial charge in [-0.05, 0) is 19.3 Å². The molecule has 20 heavy (non-hydrogen) atoms. The maximum Gasteiger partial charge on any atom is 0.309 e. The molecule has 7 heteroatoms. The van der Waals surface area contributed by atoms with E-state index in [0.29, 0.717) is 11.6 Å². The number of cyclic esters (lactones) is 1. The van der Waals surface area contributed by atoms with Gasteiger partial charge >= 0.3 is 5.97 Å². The molecule has 1 aromatic heterocycles. The minimum Gasteiger partial charge on any atom is -0.462 e. The standard InChI is InChI=1S/C13H19N3O3S/c1-2-3-4-5-10-6-9(12(18)19-10)7-11(17)15-13-16-14-8-20-13/h8-10H,2-7H2,1H3,(H,15,16,17)/t9-,10+/m0/s1. The molecular weight excluding hydrogens is 278 g/mol. The Morgan fingerprint density at radius 2 is 2.40 bits per heavy atom. The summed E-state index contributed by atoms with van der Waals surface area (Å²) in [6.45, 7) is 2.14. The number of anilines is 1. The van der Waals surface area contributed by atoms with Crippen molar-refractivity contribution in [1.82, 2.24) is 10.2 Å². The first kappa shape index (κ1) is 14.9. The summed E-state index contributed by atoms with van der Waals surface area (Å²) in [5.41, 5.74) is 1.54. The number of ether oxygens (including phenoxy) is 1. The lowest BCUT2D eigenvalue weighted by atomic mass is 9.98. The van der Waals surface area contributed by atoms with Crippen molar-refractivity contribution in [1.29, 1.82) is 0 Å². The Kier molecular flexibility index (Phi) is 5.46. The normalized spacial score (nSPS) is 21.8. The molecule has 1 N–H and O–H groups in total. The van der Waals surface area contributed by atoms with Gasteiger partial charge in [-0.3, -0.25) is 9.59 Å². The number of hydrogen-bond donors (Lipinski definition) is 1. The summed E-state index contributed by atoms with van der Waals surface area (Å²) < 4.78 is 5.31. The third kappa shape index (κ3) is 4.26. The number of rotatable bonds is 7. The van der Waals surface area contributed by atoms with Crippen LogP contribution < -0.4 is 5.32 Å². The van der Waals surface area contributed by atoms with Crippen LogP contribution in [0.5, 0.6) is 0 Å². The zero-order valence-corrected chi connectivity index (χ0v) is 12.3. The molecule has 0 aliphatic carbocycles. The minimum absolute atomic E-state index is 0.0200. The second kappa shape index (κ2) is 7.33. The number of carbonyl (C=O) groups is 2. The average Bonchev–Trinajstić information content (AvgIpc) is 3.01. The molecule has 1 saturated heterocycles. The molecule has 1 aromatic rings. The molecule has 110 valence electrons. The number of nitrogens with one attached hydrogen (secondary N) is 1. The molecule has 2 atom stereocenters. The number of nitrogens with zero attached hydrogens (tertiary/aromatic N) is 2. The van der Waals surface area contributed by atoms with E-state index in [-0.39, 0.29) is 30.3 Å². The van der Waals surface area contributed by atoms with Crippen LogP contribution in [0.2, 0.25) is 0 Å². The van der Waals surface area contributed by atoms with Crippen molar-refractivity contribution in [3.63, 3.8) is 0 Å². The molecule has 0 bridgehead atoms. The van der Waals surface area contributed by atoms with Crippen LogP contribution in [-0.2, 0) is 14.3 Å². The number of hydrogen-bond acceptors (Lipinski definition) is 6. The highest BCUT2D eigenvalue weighted by atomic mass is 32.1. The number of aromatic nitrogens is 2. The van der Waals surface area contributed by atoms with E-state index in [1.807, 2.05) is 0 Å². The lowest BCUT2D eigenvalue weighted by Crippen LogP contribution is -2.19. The Morgan fingerprint density at radius 3 is 3.10 bits per heavy atom. The fourth-order valence-corrected chi connectivity index (χ4v) is 2.77. The van der Waals surface area contributed by atoms with E-state index in [2.05, 4.69) is 22.4 Å². The van der Waals surface area contributed by atoms with Crippen LogP contribution in [0.4, 0.5) is 5.13 Å². The van der Waals surface area contributed by atoms with Crippen molar-refractivity contribution in [3.8, 4) is 0 Å². The number of amides is 1. The monoisotopic (exact) mass is 297 g/mol. The molecule has 0 aromatic carbocycles. The van der Waals surface area contributed by atoms with Gasteiger partial charge in [-0.15, -0.1) is 10.2 Å². The SMILES string of the molecule is CCCCC[C@@H]1C[C@@H](CC(=O)Nc2nncs2)C(=O)O1. The predicted octanol–water partition coefficient (Wildman–Crippen LogP) is 2.38. The molecule has 0 unspecified atom stereocenters. The summed E-state index contributed by atoms with van der Waals surface area (Å²) in [6, 6.07) is 0. The van der Waals surface area contributed by atoms with Gasteiger partial charge in [-0.1, -0.05) is 31.1 Å². The van der Waals surface area contributed by atoms with Crippen molar-refractivity contribution >= 4 is 28.3 Å². The van der Waals surface area contributed by atoms with Gasteiger partial charge in [-0.2, -0.15) is 0 Å². The smallest absolute Gasteiger partial charge is 0.309 e. The second-order valence-corrected chi connectivity index (χ2v) is 5.82. The van der Waals surface area contributed by atoms with E-state index in [9.17, 15) is 9.59 Å². The van der Waals surface area contributed by atoms with Crippen LogP contribution >= 0.6 is 11.3 Å². The third-order valence-electron chi connectivity index (χ3n) is 3.33. The molecule has 0 saturated carbocycles. The van der Waals surface area contributed by atoms with Crippen LogP contribution in [0.25, 0.3) is 0 Å². The topological polar surface area (TPSA) is 81.2 Å². The molecular formula is C13H19N3O3S. The van der Waals surface area contributed by atoms with Gasteiger partial charge in [0, 0.05) is 6.42 Å². The van der Waals surface area contributed by atoms with Gasteiger partial charge in [0.2, 0.25) is 11.0 Å². The Balaban J connectivity index is 1.75. The van der Waals surface area contributed by atoms with Gasteiger partial charge in [0.25, 0.3) is 0 Å². The maximum atomic E-state index is 11.8. The first-order chi connectivity index (χ1) is 9.69. The van der Waals surface area contributed by atoms with Crippen LogP contribution in [0.3, 0.4) is 0 Å². The van der Waals surface area contributed by atoms with Crippen LogP contribution in [-0.4, -0.2) is 28.2 Å². The second-order valence-electron chi connectivity index (χ2n) is 4.98. The van der Waals surface area contributed by atoms with E-state index >= 15 is 0 Å². The molecule has 2 heterocycles. The van der Waals surface area contributed by atoms with E-state index in [4.69, 9.17) is 4.74 Å². The Hall–Kier alpha value is -1.50. The van der Waals surface area contributed by atoms with Crippen molar-refractivity contribution < 1.29 is 14.3 Å². The van der Waals surface area contributed by atoms with E-state index < -0.39 is 0 Å².